The largest absolute Gasteiger partial charge is 0.465 e. The van der Waals surface area contributed by atoms with Crippen molar-refractivity contribution < 1.29 is 14.3 Å². The highest BCUT2D eigenvalue weighted by Gasteiger charge is 2.11. The molecule has 3 rings (SSSR count). The van der Waals surface area contributed by atoms with Crippen LogP contribution < -0.4 is 10.6 Å². The lowest BCUT2D eigenvalue weighted by molar-refractivity contribution is -0.114. The summed E-state index contributed by atoms with van der Waals surface area (Å²) in [7, 11) is 1.29. The first-order valence-corrected chi connectivity index (χ1v) is 8.21. The molecule has 0 aliphatic carbocycles. The minimum atomic E-state index is -0.503. The van der Waals surface area contributed by atoms with Gasteiger partial charge in [0.15, 0.2) is 0 Å². The van der Waals surface area contributed by atoms with E-state index in [1.54, 1.807) is 6.20 Å². The Labute approximate surface area is 155 Å². The summed E-state index contributed by atoms with van der Waals surface area (Å²) in [6, 6.07) is 14.0. The summed E-state index contributed by atoms with van der Waals surface area (Å²) < 4.78 is 4.67. The zero-order valence-corrected chi connectivity index (χ0v) is 14.7. The number of nitrogens with one attached hydrogen (secondary N) is 2. The number of amides is 1. The van der Waals surface area contributed by atoms with Crippen molar-refractivity contribution in [1.82, 2.24) is 4.98 Å². The smallest absolute Gasteiger partial charge is 0.337 e. The second-order valence-corrected chi connectivity index (χ2v) is 5.88. The maximum absolute atomic E-state index is 12.3. The molecule has 0 radical (unpaired) electrons. The van der Waals surface area contributed by atoms with E-state index >= 15 is 0 Å². The van der Waals surface area contributed by atoms with E-state index in [1.807, 2.05) is 30.3 Å². The molecule has 0 fully saturated rings. The predicted octanol–water partition coefficient (Wildman–Crippen LogP) is 3.73. The van der Waals surface area contributed by atoms with Gasteiger partial charge in [-0.3, -0.25) is 9.78 Å². The Bertz CT molecular complexity index is 970. The van der Waals surface area contributed by atoms with Crippen molar-refractivity contribution in [2.75, 3.05) is 24.3 Å². The van der Waals surface area contributed by atoms with Crippen LogP contribution in [-0.2, 0) is 9.53 Å². The van der Waals surface area contributed by atoms with Crippen LogP contribution in [0.4, 0.5) is 11.4 Å². The third-order valence-corrected chi connectivity index (χ3v) is 4.06. The first kappa shape index (κ1) is 17.7. The molecule has 0 saturated carbocycles. The number of carbonyl (C=O) groups excluding carboxylic acids is 2. The fourth-order valence-corrected chi connectivity index (χ4v) is 2.65. The molecule has 3 aromatic rings. The molecule has 2 aromatic carbocycles. The standard InChI is InChI=1S/C19H16ClN3O3/c1-26-19(25)13-7-8-14(20)16(10-13)23-17(24)11-22-15-6-2-4-12-5-3-9-21-18(12)15/h2-10,22H,11H2,1H3,(H,23,24). The highest BCUT2D eigenvalue weighted by molar-refractivity contribution is 6.33. The van der Waals surface area contributed by atoms with Crippen molar-refractivity contribution in [3.05, 3.63) is 65.3 Å². The zero-order valence-electron chi connectivity index (χ0n) is 14.0. The molecule has 0 spiro atoms. The van der Waals surface area contributed by atoms with E-state index in [2.05, 4.69) is 20.4 Å². The number of benzene rings is 2. The Morgan fingerprint density at radius 1 is 1.12 bits per heavy atom. The number of aromatic nitrogens is 1. The Hall–Kier alpha value is -3.12. The number of methoxy groups -OCH3 is 1. The van der Waals surface area contributed by atoms with Crippen LogP contribution in [0.2, 0.25) is 5.02 Å². The first-order chi connectivity index (χ1) is 12.6. The topological polar surface area (TPSA) is 80.3 Å². The van der Waals surface area contributed by atoms with Gasteiger partial charge in [-0.2, -0.15) is 0 Å². The van der Waals surface area contributed by atoms with Crippen LogP contribution in [0.3, 0.4) is 0 Å². The second kappa shape index (κ2) is 7.84. The predicted molar refractivity (Wildman–Crippen MR) is 102 cm³/mol. The lowest BCUT2D eigenvalue weighted by Gasteiger charge is -2.11. The van der Waals surface area contributed by atoms with Gasteiger partial charge >= 0.3 is 5.97 Å². The molecular formula is C19H16ClN3O3. The van der Waals surface area contributed by atoms with Crippen molar-refractivity contribution in [3.8, 4) is 0 Å². The molecule has 0 aliphatic rings. The normalized spacial score (nSPS) is 10.4. The third-order valence-electron chi connectivity index (χ3n) is 3.73. The quantitative estimate of drug-likeness (QED) is 0.670. The number of halogens is 1. The van der Waals surface area contributed by atoms with E-state index in [0.29, 0.717) is 16.3 Å². The Morgan fingerprint density at radius 2 is 1.92 bits per heavy atom. The number of para-hydroxylation sites is 1. The number of anilines is 2. The van der Waals surface area contributed by atoms with E-state index in [-0.39, 0.29) is 12.5 Å². The molecule has 0 atom stereocenters. The molecule has 7 heteroatoms. The molecule has 0 bridgehead atoms. The van der Waals surface area contributed by atoms with Gasteiger partial charge in [-0.15, -0.1) is 0 Å². The number of hydrogen-bond acceptors (Lipinski definition) is 5. The Morgan fingerprint density at radius 3 is 2.73 bits per heavy atom. The first-order valence-electron chi connectivity index (χ1n) is 7.84. The van der Waals surface area contributed by atoms with E-state index in [4.69, 9.17) is 11.6 Å². The number of fused-ring (bicyclic) bond motifs is 1. The van der Waals surface area contributed by atoms with Crippen molar-refractivity contribution in [2.24, 2.45) is 0 Å². The van der Waals surface area contributed by atoms with Crippen LogP contribution in [0, 0.1) is 0 Å². The molecular weight excluding hydrogens is 354 g/mol. The lowest BCUT2D eigenvalue weighted by atomic mass is 10.2. The van der Waals surface area contributed by atoms with Crippen LogP contribution >= 0.6 is 11.6 Å². The molecule has 1 aromatic heterocycles. The maximum atomic E-state index is 12.3. The monoisotopic (exact) mass is 369 g/mol. The van der Waals surface area contributed by atoms with Gasteiger partial charge in [0, 0.05) is 11.6 Å². The number of rotatable bonds is 5. The van der Waals surface area contributed by atoms with E-state index < -0.39 is 5.97 Å². The summed E-state index contributed by atoms with van der Waals surface area (Å²) in [5.41, 5.74) is 2.19. The average molecular weight is 370 g/mol. The number of esters is 1. The molecule has 132 valence electrons. The molecule has 0 unspecified atom stereocenters. The number of carbonyl (C=O) groups is 2. The van der Waals surface area contributed by atoms with Crippen LogP contribution in [0.1, 0.15) is 10.4 Å². The Kier molecular flexibility index (Phi) is 5.34. The second-order valence-electron chi connectivity index (χ2n) is 5.47. The molecule has 2 N–H and O–H groups in total. The molecule has 0 aliphatic heterocycles. The Balaban J connectivity index is 1.70. The summed E-state index contributed by atoms with van der Waals surface area (Å²) in [4.78, 5) is 28.2. The molecule has 1 amide bonds. The lowest BCUT2D eigenvalue weighted by Crippen LogP contribution is -2.22. The van der Waals surface area contributed by atoms with Crippen molar-refractivity contribution in [2.45, 2.75) is 0 Å². The fraction of sp³-hybridized carbons (Fsp3) is 0.105. The molecule has 0 saturated heterocycles. The van der Waals surface area contributed by atoms with Gasteiger partial charge in [0.25, 0.3) is 0 Å². The minimum absolute atomic E-state index is 0.0223. The van der Waals surface area contributed by atoms with Crippen molar-refractivity contribution in [3.63, 3.8) is 0 Å². The van der Waals surface area contributed by atoms with Gasteiger partial charge in [-0.1, -0.05) is 29.8 Å². The van der Waals surface area contributed by atoms with Crippen molar-refractivity contribution in [1.29, 1.82) is 0 Å². The zero-order chi connectivity index (χ0) is 18.5. The van der Waals surface area contributed by atoms with Gasteiger partial charge in [-0.25, -0.2) is 4.79 Å². The van der Waals surface area contributed by atoms with E-state index in [0.717, 1.165) is 16.6 Å². The minimum Gasteiger partial charge on any atom is -0.465 e. The number of hydrogen-bond donors (Lipinski definition) is 2. The average Bonchev–Trinajstić information content (AvgIpc) is 2.67. The fourth-order valence-electron chi connectivity index (χ4n) is 2.48. The SMILES string of the molecule is COC(=O)c1ccc(Cl)c(NC(=O)CNc2cccc3cccnc23)c1. The third kappa shape index (κ3) is 3.92. The van der Waals surface area contributed by atoms with Gasteiger partial charge < -0.3 is 15.4 Å². The van der Waals surface area contributed by atoms with Crippen LogP contribution in [0.5, 0.6) is 0 Å². The van der Waals surface area contributed by atoms with E-state index in [1.165, 1.54) is 25.3 Å². The van der Waals surface area contributed by atoms with Gasteiger partial charge in [0.05, 0.1) is 41.1 Å². The van der Waals surface area contributed by atoms with Crippen LogP contribution in [-0.4, -0.2) is 30.5 Å². The molecule has 26 heavy (non-hydrogen) atoms. The van der Waals surface area contributed by atoms with Crippen LogP contribution in [0.25, 0.3) is 10.9 Å². The van der Waals surface area contributed by atoms with Gasteiger partial charge in [0.1, 0.15) is 0 Å². The van der Waals surface area contributed by atoms with Crippen LogP contribution in [0.15, 0.2) is 54.7 Å². The number of pyridine rings is 1. The van der Waals surface area contributed by atoms with Gasteiger partial charge in [0.2, 0.25) is 5.91 Å². The van der Waals surface area contributed by atoms with E-state index in [9.17, 15) is 9.59 Å². The molecule has 1 heterocycles. The highest BCUT2D eigenvalue weighted by atomic mass is 35.5. The summed E-state index contributed by atoms with van der Waals surface area (Å²) in [6.07, 6.45) is 1.70. The summed E-state index contributed by atoms with van der Waals surface area (Å²) in [6.45, 7) is 0.0223. The summed E-state index contributed by atoms with van der Waals surface area (Å²) in [5.74, 6) is -0.807. The van der Waals surface area contributed by atoms with Gasteiger partial charge in [-0.05, 0) is 30.3 Å². The summed E-state index contributed by atoms with van der Waals surface area (Å²) in [5, 5.41) is 7.06. The molecule has 6 nitrogen and oxygen atoms in total. The summed E-state index contributed by atoms with van der Waals surface area (Å²) >= 11 is 6.09. The maximum Gasteiger partial charge on any atom is 0.337 e. The van der Waals surface area contributed by atoms with Crippen molar-refractivity contribution >= 4 is 45.8 Å². The number of nitrogens with zero attached hydrogens (tertiary/aromatic N) is 1. The highest BCUT2D eigenvalue weighted by Crippen LogP contribution is 2.24. The number of ether oxygens (including phenoxy) is 1.